The van der Waals surface area contributed by atoms with Crippen LogP contribution >= 0.6 is 11.8 Å². The van der Waals surface area contributed by atoms with Crippen molar-refractivity contribution < 1.29 is 9.90 Å². The van der Waals surface area contributed by atoms with Crippen LogP contribution in [0, 0.1) is 0 Å². The number of hydrazine groups is 2. The molecule has 0 fully saturated rings. The lowest BCUT2D eigenvalue weighted by atomic mass is 10.3. The molecule has 0 aliphatic rings. The van der Waals surface area contributed by atoms with Crippen LogP contribution in [-0.2, 0) is 0 Å². The normalized spacial score (nSPS) is 11.0. The first-order valence-electron chi connectivity index (χ1n) is 4.45. The highest BCUT2D eigenvalue weighted by Gasteiger charge is 2.17. The Morgan fingerprint density at radius 2 is 2.00 bits per heavy atom. The Labute approximate surface area is 99.4 Å². The molecule has 0 unspecified atom stereocenters. The molecule has 0 spiro atoms. The van der Waals surface area contributed by atoms with Gasteiger partial charge >= 0.3 is 11.8 Å². The molecule has 17 heavy (non-hydrogen) atoms. The number of rotatable bonds is 2. The highest BCUT2D eigenvalue weighted by Crippen LogP contribution is 2.11. The fourth-order valence-corrected chi connectivity index (χ4v) is 1.60. The third-order valence-electron chi connectivity index (χ3n) is 2.13. The summed E-state index contributed by atoms with van der Waals surface area (Å²) in [5.41, 5.74) is 2.05. The first-order valence-corrected chi connectivity index (χ1v) is 4.79. The van der Waals surface area contributed by atoms with Crippen molar-refractivity contribution >= 4 is 28.9 Å². The van der Waals surface area contributed by atoms with Crippen LogP contribution in [0.15, 0.2) is 29.1 Å². The van der Waals surface area contributed by atoms with Crippen LogP contribution in [0.1, 0.15) is 0 Å². The first kappa shape index (κ1) is 11.5. The van der Waals surface area contributed by atoms with Gasteiger partial charge in [0.15, 0.2) is 0 Å². The van der Waals surface area contributed by atoms with E-state index < -0.39 is 11.8 Å². The van der Waals surface area contributed by atoms with E-state index in [1.54, 1.807) is 18.2 Å². The maximum atomic E-state index is 11.8. The number of aromatic nitrogens is 2. The van der Waals surface area contributed by atoms with Crippen molar-refractivity contribution in [3.8, 4) is 0 Å². The van der Waals surface area contributed by atoms with Gasteiger partial charge in [0.1, 0.15) is 0 Å². The summed E-state index contributed by atoms with van der Waals surface area (Å²) in [6.07, 6.45) is -1.38. The van der Waals surface area contributed by atoms with Crippen molar-refractivity contribution in [1.82, 2.24) is 13.9 Å². The summed E-state index contributed by atoms with van der Waals surface area (Å²) in [6.45, 7) is 0. The van der Waals surface area contributed by atoms with Gasteiger partial charge in [0.25, 0.3) is 0 Å². The van der Waals surface area contributed by atoms with E-state index in [2.05, 4.69) is 5.53 Å². The molecule has 0 amide bonds. The molecular weight excluding hydrogens is 250 g/mol. The zero-order valence-corrected chi connectivity index (χ0v) is 9.13. The quantitative estimate of drug-likeness (QED) is 0.401. The Bertz CT molecular complexity index is 632. The second kappa shape index (κ2) is 4.09. The van der Waals surface area contributed by atoms with Crippen molar-refractivity contribution in [2.24, 2.45) is 5.84 Å². The lowest BCUT2D eigenvalue weighted by Crippen LogP contribution is -2.41. The number of fused-ring (bicyclic) bond motifs is 1. The Morgan fingerprint density at radius 1 is 1.41 bits per heavy atom. The van der Waals surface area contributed by atoms with Gasteiger partial charge in [-0.1, -0.05) is 16.8 Å². The van der Waals surface area contributed by atoms with Gasteiger partial charge in [-0.3, -0.25) is 0 Å². The Balaban J connectivity index is 2.80. The van der Waals surface area contributed by atoms with Crippen molar-refractivity contribution in [1.29, 1.82) is 0 Å². The van der Waals surface area contributed by atoms with Crippen molar-refractivity contribution in [2.45, 2.75) is 0 Å². The fraction of sp³-hybridized carbons (Fsp3) is 0. The van der Waals surface area contributed by atoms with Gasteiger partial charge in [-0.25, -0.2) is 21.0 Å². The molecule has 0 saturated heterocycles. The SMILES string of the molecule is NN(Cl)Nn1c(=O)n(C(=O)O)c2ccccc21. The van der Waals surface area contributed by atoms with Crippen LogP contribution < -0.4 is 17.1 Å². The van der Waals surface area contributed by atoms with Gasteiger partial charge in [-0.05, 0) is 12.1 Å². The van der Waals surface area contributed by atoms with Crippen LogP contribution in [0.25, 0.3) is 11.0 Å². The topological polar surface area (TPSA) is 106 Å². The maximum Gasteiger partial charge on any atom is 0.420 e. The number of hydrogen-bond donors (Lipinski definition) is 3. The second-order valence-electron chi connectivity index (χ2n) is 3.14. The third kappa shape index (κ3) is 1.84. The summed E-state index contributed by atoms with van der Waals surface area (Å²) >= 11 is 5.36. The summed E-state index contributed by atoms with van der Waals surface area (Å²) in [4.78, 5) is 22.8. The maximum absolute atomic E-state index is 11.8. The van der Waals surface area contributed by atoms with Gasteiger partial charge < -0.3 is 5.11 Å². The van der Waals surface area contributed by atoms with E-state index in [9.17, 15) is 9.59 Å². The molecule has 1 aromatic heterocycles. The summed E-state index contributed by atoms with van der Waals surface area (Å²) in [5, 5.41) is 8.96. The second-order valence-corrected chi connectivity index (χ2v) is 3.50. The largest absolute Gasteiger partial charge is 0.464 e. The molecule has 8 nitrogen and oxygen atoms in total. The summed E-state index contributed by atoms with van der Waals surface area (Å²) in [5.74, 6) is 5.14. The van der Waals surface area contributed by atoms with Gasteiger partial charge in [-0.15, -0.1) is 0 Å². The lowest BCUT2D eigenvalue weighted by Gasteiger charge is -2.09. The van der Waals surface area contributed by atoms with Gasteiger partial charge in [-0.2, -0.15) is 9.24 Å². The molecule has 0 aliphatic carbocycles. The van der Waals surface area contributed by atoms with Crippen LogP contribution in [0.3, 0.4) is 0 Å². The standard InChI is InChI=1S/C8H8ClN5O3/c9-14(10)11-13-6-4-2-1-3-5(6)12(7(13)15)8(16)17/h1-4,11H,10H2,(H,16,17). The molecule has 4 N–H and O–H groups in total. The number of benzene rings is 1. The minimum Gasteiger partial charge on any atom is -0.464 e. The van der Waals surface area contributed by atoms with E-state index in [1.807, 2.05) is 0 Å². The smallest absolute Gasteiger partial charge is 0.420 e. The van der Waals surface area contributed by atoms with Crippen LogP contribution in [0.4, 0.5) is 4.79 Å². The number of hydrogen-bond acceptors (Lipinski definition) is 5. The molecule has 0 bridgehead atoms. The molecule has 0 radical (unpaired) electrons. The molecule has 0 saturated carbocycles. The molecule has 2 rings (SSSR count). The first-order chi connectivity index (χ1) is 8.02. The highest BCUT2D eigenvalue weighted by atomic mass is 35.5. The third-order valence-corrected chi connectivity index (χ3v) is 2.21. The highest BCUT2D eigenvalue weighted by molar-refractivity contribution is 6.13. The summed E-state index contributed by atoms with van der Waals surface area (Å²) in [6, 6.07) is 6.33. The van der Waals surface area contributed by atoms with E-state index >= 15 is 0 Å². The number of imidazole rings is 1. The molecule has 0 aliphatic heterocycles. The monoisotopic (exact) mass is 257 g/mol. The van der Waals surface area contributed by atoms with Crippen LogP contribution in [0.2, 0.25) is 0 Å². The number of nitrogens with two attached hydrogens (primary N) is 1. The number of nitrogens with one attached hydrogen (secondary N) is 1. The van der Waals surface area contributed by atoms with Gasteiger partial charge in [0.2, 0.25) is 0 Å². The van der Waals surface area contributed by atoms with E-state index in [0.717, 1.165) is 4.68 Å². The number of carboxylic acid groups (broad SMARTS) is 1. The molecular formula is C8H8ClN5O3. The number of para-hydroxylation sites is 2. The van der Waals surface area contributed by atoms with Crippen molar-refractivity contribution in [2.75, 3.05) is 5.53 Å². The fourth-order valence-electron chi connectivity index (χ4n) is 1.53. The molecule has 2 aromatic rings. The summed E-state index contributed by atoms with van der Waals surface area (Å²) < 4.78 is 2.04. The summed E-state index contributed by atoms with van der Waals surface area (Å²) in [7, 11) is 0. The zero-order valence-electron chi connectivity index (χ0n) is 8.37. The lowest BCUT2D eigenvalue weighted by molar-refractivity contribution is 0.196. The average Bonchev–Trinajstić information content (AvgIpc) is 2.52. The van der Waals surface area contributed by atoms with Gasteiger partial charge in [0, 0.05) is 11.8 Å². The van der Waals surface area contributed by atoms with E-state index in [0.29, 0.717) is 14.7 Å². The van der Waals surface area contributed by atoms with E-state index in [4.69, 9.17) is 22.7 Å². The van der Waals surface area contributed by atoms with Crippen molar-refractivity contribution in [3.63, 3.8) is 0 Å². The molecule has 90 valence electrons. The minimum absolute atomic E-state index is 0.232. The number of halogens is 1. The Hall–Kier alpha value is -2.03. The predicted octanol–water partition coefficient (Wildman–Crippen LogP) is 0.117. The molecule has 9 heteroatoms. The van der Waals surface area contributed by atoms with Crippen LogP contribution in [0.5, 0.6) is 0 Å². The molecule has 1 aromatic carbocycles. The van der Waals surface area contributed by atoms with Gasteiger partial charge in [0.05, 0.1) is 11.0 Å². The molecule has 0 atom stereocenters. The van der Waals surface area contributed by atoms with Crippen LogP contribution in [-0.4, -0.2) is 25.1 Å². The predicted molar refractivity (Wildman–Crippen MR) is 60.9 cm³/mol. The zero-order chi connectivity index (χ0) is 12.6. The molecule has 1 heterocycles. The number of nitrogens with zero attached hydrogens (tertiary/aromatic N) is 3. The Kier molecular flexibility index (Phi) is 2.76. The van der Waals surface area contributed by atoms with E-state index in [1.165, 1.54) is 6.07 Å². The number of carbonyl (C=O) groups is 1. The minimum atomic E-state index is -1.38. The average molecular weight is 258 g/mol. The van der Waals surface area contributed by atoms with Crippen molar-refractivity contribution in [3.05, 3.63) is 34.7 Å². The van der Waals surface area contributed by atoms with E-state index in [-0.39, 0.29) is 5.52 Å². The Morgan fingerprint density at radius 3 is 2.53 bits per heavy atom.